The second-order valence-corrected chi connectivity index (χ2v) is 9.89. The number of fused-ring (bicyclic) bond motifs is 1. The smallest absolute Gasteiger partial charge is 0.272 e. The van der Waals surface area contributed by atoms with Crippen molar-refractivity contribution in [3.05, 3.63) is 118 Å². The molecule has 2 atom stereocenters. The van der Waals surface area contributed by atoms with Gasteiger partial charge >= 0.3 is 0 Å². The number of hydrogen-bond donors (Lipinski definition) is 1. The number of halogens is 4. The Bertz CT molecular complexity index is 1420. The quantitative estimate of drug-likeness (QED) is 0.203. The van der Waals surface area contributed by atoms with Crippen molar-refractivity contribution in [3.8, 4) is 5.69 Å². The number of carbonyl (C=O) groups excluding carboxylic acids is 1. The van der Waals surface area contributed by atoms with Gasteiger partial charge < -0.3 is 5.32 Å². The highest BCUT2D eigenvalue weighted by molar-refractivity contribution is 6.18. The molecule has 1 aromatic heterocycles. The molecule has 3 aromatic carbocycles. The van der Waals surface area contributed by atoms with E-state index in [0.29, 0.717) is 12.8 Å². The molecule has 1 aliphatic carbocycles. The van der Waals surface area contributed by atoms with Gasteiger partial charge in [0.15, 0.2) is 11.5 Å². The molecule has 38 heavy (non-hydrogen) atoms. The molecular weight excluding hydrogens is 511 g/mol. The van der Waals surface area contributed by atoms with Crippen molar-refractivity contribution in [2.24, 2.45) is 0 Å². The zero-order valence-corrected chi connectivity index (χ0v) is 21.4. The van der Waals surface area contributed by atoms with Gasteiger partial charge in [-0.05, 0) is 61.1 Å². The average molecular weight is 538 g/mol. The van der Waals surface area contributed by atoms with Crippen LogP contribution in [0.3, 0.4) is 0 Å². The highest BCUT2D eigenvalue weighted by Crippen LogP contribution is 2.37. The van der Waals surface area contributed by atoms with Crippen LogP contribution in [0.2, 0.25) is 0 Å². The molecular formula is C30H27ClF3N3O. The molecule has 1 heterocycles. The van der Waals surface area contributed by atoms with E-state index in [9.17, 15) is 13.6 Å². The summed E-state index contributed by atoms with van der Waals surface area (Å²) in [6, 6.07) is 18.6. The number of nitrogens with one attached hydrogen (secondary N) is 1. The molecule has 1 aliphatic rings. The van der Waals surface area contributed by atoms with Crippen molar-refractivity contribution in [1.29, 1.82) is 0 Å². The Kier molecular flexibility index (Phi) is 7.84. The number of hydrogen-bond acceptors (Lipinski definition) is 2. The Labute approximate surface area is 224 Å². The highest BCUT2D eigenvalue weighted by atomic mass is 35.5. The standard InChI is InChI=1S/C30H27ClF3N3O/c31-18-26(20-6-2-1-3-7-20)35-30(38)28-24-9-5-4-8-21(16-19-10-12-22(32)13-11-19)29(24)37(36-28)27-15-14-23(33)17-25(27)34/h1-3,6-7,10-15,17,21,26H,4-5,8-9,16,18H2,(H,35,38)/t21?,26-/m1/s1. The number of nitrogens with zero attached hydrogens (tertiary/aromatic N) is 2. The van der Waals surface area contributed by atoms with E-state index >= 15 is 4.39 Å². The number of alkyl halides is 1. The van der Waals surface area contributed by atoms with Crippen molar-refractivity contribution in [2.75, 3.05) is 5.88 Å². The van der Waals surface area contributed by atoms with Crippen LogP contribution >= 0.6 is 11.6 Å². The second kappa shape index (κ2) is 11.4. The average Bonchev–Trinajstić information content (AvgIpc) is 3.17. The summed E-state index contributed by atoms with van der Waals surface area (Å²) in [5.41, 5.74) is 3.54. The van der Waals surface area contributed by atoms with E-state index in [1.807, 2.05) is 30.3 Å². The molecule has 4 aromatic rings. The topological polar surface area (TPSA) is 46.9 Å². The summed E-state index contributed by atoms with van der Waals surface area (Å²) >= 11 is 6.21. The van der Waals surface area contributed by atoms with Crippen molar-refractivity contribution in [2.45, 2.75) is 44.1 Å². The van der Waals surface area contributed by atoms with Gasteiger partial charge in [-0.25, -0.2) is 17.9 Å². The third-order valence-electron chi connectivity index (χ3n) is 7.05. The lowest BCUT2D eigenvalue weighted by molar-refractivity contribution is 0.0934. The Morgan fingerprint density at radius 2 is 1.74 bits per heavy atom. The van der Waals surface area contributed by atoms with E-state index in [2.05, 4.69) is 10.4 Å². The van der Waals surface area contributed by atoms with E-state index < -0.39 is 23.6 Å². The Morgan fingerprint density at radius 3 is 2.45 bits per heavy atom. The van der Waals surface area contributed by atoms with E-state index in [-0.39, 0.29) is 29.0 Å². The third kappa shape index (κ3) is 5.48. The maximum Gasteiger partial charge on any atom is 0.272 e. The van der Waals surface area contributed by atoms with Crippen LogP contribution in [0, 0.1) is 17.5 Å². The summed E-state index contributed by atoms with van der Waals surface area (Å²) in [6.45, 7) is 0. The van der Waals surface area contributed by atoms with Crippen LogP contribution in [-0.4, -0.2) is 21.6 Å². The third-order valence-corrected chi connectivity index (χ3v) is 7.36. The summed E-state index contributed by atoms with van der Waals surface area (Å²) in [5.74, 6) is -2.12. The summed E-state index contributed by atoms with van der Waals surface area (Å²) < 4.78 is 43.8. The fraction of sp³-hybridized carbons (Fsp3) is 0.267. The molecule has 5 rings (SSSR count). The molecule has 196 valence electrons. The van der Waals surface area contributed by atoms with Crippen LogP contribution in [0.15, 0.2) is 72.8 Å². The lowest BCUT2D eigenvalue weighted by Crippen LogP contribution is -2.30. The predicted molar refractivity (Wildman–Crippen MR) is 141 cm³/mol. The summed E-state index contributed by atoms with van der Waals surface area (Å²) in [7, 11) is 0. The number of benzene rings is 3. The number of rotatable bonds is 7. The summed E-state index contributed by atoms with van der Waals surface area (Å²) in [6.07, 6.45) is 3.69. The van der Waals surface area contributed by atoms with Crippen molar-refractivity contribution < 1.29 is 18.0 Å². The molecule has 0 fully saturated rings. The number of amides is 1. The van der Waals surface area contributed by atoms with Crippen LogP contribution in [0.1, 0.15) is 64.1 Å². The molecule has 0 saturated heterocycles. The molecule has 1 N–H and O–H groups in total. The SMILES string of the molecule is O=C(N[C@H](CCl)c1ccccc1)c1nn(-c2ccc(F)cc2F)c2c1CCCCC2Cc1ccc(F)cc1. The van der Waals surface area contributed by atoms with E-state index in [1.54, 1.807) is 12.1 Å². The molecule has 0 saturated carbocycles. The molecule has 4 nitrogen and oxygen atoms in total. The fourth-order valence-corrected chi connectivity index (χ4v) is 5.46. The molecule has 1 unspecified atom stereocenters. The minimum atomic E-state index is -0.769. The van der Waals surface area contributed by atoms with Crippen LogP contribution in [0.5, 0.6) is 0 Å². The van der Waals surface area contributed by atoms with Crippen molar-refractivity contribution in [1.82, 2.24) is 15.1 Å². The van der Waals surface area contributed by atoms with Gasteiger partial charge in [0.25, 0.3) is 5.91 Å². The van der Waals surface area contributed by atoms with Gasteiger partial charge in [0.2, 0.25) is 0 Å². The first-order valence-corrected chi connectivity index (χ1v) is 13.2. The minimum absolute atomic E-state index is 0.0738. The highest BCUT2D eigenvalue weighted by Gasteiger charge is 2.32. The van der Waals surface area contributed by atoms with Gasteiger partial charge in [-0.2, -0.15) is 5.10 Å². The minimum Gasteiger partial charge on any atom is -0.343 e. The lowest BCUT2D eigenvalue weighted by atomic mass is 9.90. The molecule has 0 aliphatic heterocycles. The second-order valence-electron chi connectivity index (χ2n) is 9.58. The van der Waals surface area contributed by atoms with Gasteiger partial charge in [0, 0.05) is 23.4 Å². The van der Waals surface area contributed by atoms with Crippen molar-refractivity contribution in [3.63, 3.8) is 0 Å². The fourth-order valence-electron chi connectivity index (χ4n) is 5.20. The maximum absolute atomic E-state index is 15.0. The van der Waals surface area contributed by atoms with Crippen LogP contribution in [-0.2, 0) is 12.8 Å². The predicted octanol–water partition coefficient (Wildman–Crippen LogP) is 7.05. The Balaban J connectivity index is 1.59. The number of aromatic nitrogens is 2. The zero-order chi connectivity index (χ0) is 26.6. The van der Waals surface area contributed by atoms with E-state index in [4.69, 9.17) is 11.6 Å². The Hall–Kier alpha value is -3.58. The first-order valence-electron chi connectivity index (χ1n) is 12.7. The van der Waals surface area contributed by atoms with Gasteiger partial charge in [0.1, 0.15) is 17.3 Å². The maximum atomic E-state index is 15.0. The largest absolute Gasteiger partial charge is 0.343 e. The van der Waals surface area contributed by atoms with Crippen LogP contribution in [0.25, 0.3) is 5.69 Å². The zero-order valence-electron chi connectivity index (χ0n) is 20.6. The van der Waals surface area contributed by atoms with Gasteiger partial charge in [-0.15, -0.1) is 11.6 Å². The van der Waals surface area contributed by atoms with Crippen LogP contribution < -0.4 is 5.32 Å². The van der Waals surface area contributed by atoms with E-state index in [1.165, 1.54) is 28.9 Å². The molecule has 0 spiro atoms. The number of carbonyl (C=O) groups is 1. The van der Waals surface area contributed by atoms with Gasteiger partial charge in [0.05, 0.1) is 11.7 Å². The summed E-state index contributed by atoms with van der Waals surface area (Å²) in [5, 5.41) is 7.61. The normalized spacial score (nSPS) is 15.9. The van der Waals surface area contributed by atoms with Gasteiger partial charge in [-0.3, -0.25) is 4.79 Å². The molecule has 8 heteroatoms. The summed E-state index contributed by atoms with van der Waals surface area (Å²) in [4.78, 5) is 13.6. The van der Waals surface area contributed by atoms with Crippen LogP contribution in [0.4, 0.5) is 13.2 Å². The first kappa shape index (κ1) is 26.0. The first-order chi connectivity index (χ1) is 18.4. The Morgan fingerprint density at radius 1 is 1.00 bits per heavy atom. The van der Waals surface area contributed by atoms with Gasteiger partial charge in [-0.1, -0.05) is 48.9 Å². The molecule has 1 amide bonds. The van der Waals surface area contributed by atoms with E-state index in [0.717, 1.165) is 47.7 Å². The molecule has 0 radical (unpaired) electrons. The van der Waals surface area contributed by atoms with Crippen molar-refractivity contribution >= 4 is 17.5 Å². The molecule has 0 bridgehead atoms. The monoisotopic (exact) mass is 537 g/mol. The lowest BCUT2D eigenvalue weighted by Gasteiger charge is -2.19.